The van der Waals surface area contributed by atoms with Crippen LogP contribution in [0.15, 0.2) is 42.5 Å². The van der Waals surface area contributed by atoms with Gasteiger partial charge in [-0.3, -0.25) is 4.90 Å². The van der Waals surface area contributed by atoms with E-state index in [1.165, 1.54) is 5.56 Å². The second-order valence-corrected chi connectivity index (χ2v) is 6.49. The van der Waals surface area contributed by atoms with E-state index < -0.39 is 0 Å². The third-order valence-corrected chi connectivity index (χ3v) is 4.69. The highest BCUT2D eigenvalue weighted by molar-refractivity contribution is 5.61. The highest BCUT2D eigenvalue weighted by Gasteiger charge is 2.23. The standard InChI is InChI=1S/C19H26N4/c1-14-12-21-13-15(2)23(14)11-10-16-6-8-17(9-7-16)18-4-3-5-19(20)22-18/h3-9,14-15,21H,10-13H2,1-2H3,(H2,20,22). The van der Waals surface area contributed by atoms with E-state index in [4.69, 9.17) is 5.73 Å². The summed E-state index contributed by atoms with van der Waals surface area (Å²) in [7, 11) is 0. The summed E-state index contributed by atoms with van der Waals surface area (Å²) in [4.78, 5) is 6.98. The van der Waals surface area contributed by atoms with Gasteiger partial charge in [0.2, 0.25) is 0 Å². The molecule has 3 rings (SSSR count). The number of pyridine rings is 1. The number of nitrogens with zero attached hydrogens (tertiary/aromatic N) is 2. The van der Waals surface area contributed by atoms with E-state index in [1.54, 1.807) is 0 Å². The van der Waals surface area contributed by atoms with Gasteiger partial charge in [-0.15, -0.1) is 0 Å². The molecular weight excluding hydrogens is 284 g/mol. The van der Waals surface area contributed by atoms with Gasteiger partial charge in [-0.05, 0) is 38.0 Å². The smallest absolute Gasteiger partial charge is 0.124 e. The number of rotatable bonds is 4. The highest BCUT2D eigenvalue weighted by Crippen LogP contribution is 2.19. The number of benzene rings is 1. The average Bonchev–Trinajstić information content (AvgIpc) is 2.55. The largest absolute Gasteiger partial charge is 0.384 e. The van der Waals surface area contributed by atoms with E-state index in [2.05, 4.69) is 53.3 Å². The van der Waals surface area contributed by atoms with Crippen molar-refractivity contribution >= 4 is 5.82 Å². The van der Waals surface area contributed by atoms with Crippen LogP contribution in [0.2, 0.25) is 0 Å². The maximum atomic E-state index is 5.76. The van der Waals surface area contributed by atoms with Gasteiger partial charge in [0.15, 0.2) is 0 Å². The summed E-state index contributed by atoms with van der Waals surface area (Å²) in [6, 6.07) is 15.7. The molecule has 0 amide bonds. The molecule has 23 heavy (non-hydrogen) atoms. The number of nitrogens with two attached hydrogens (primary N) is 1. The molecule has 1 aromatic carbocycles. The molecule has 0 aliphatic carbocycles. The molecule has 2 unspecified atom stereocenters. The van der Waals surface area contributed by atoms with Gasteiger partial charge in [0.05, 0.1) is 5.69 Å². The predicted molar refractivity (Wildman–Crippen MR) is 96.3 cm³/mol. The van der Waals surface area contributed by atoms with E-state index in [1.807, 2.05) is 18.2 Å². The summed E-state index contributed by atoms with van der Waals surface area (Å²) in [5.41, 5.74) is 9.18. The molecule has 1 aromatic heterocycles. The van der Waals surface area contributed by atoms with E-state index in [0.29, 0.717) is 17.9 Å². The van der Waals surface area contributed by atoms with Gasteiger partial charge in [0.1, 0.15) is 5.82 Å². The predicted octanol–water partition coefficient (Wildman–Crippen LogP) is 2.56. The summed E-state index contributed by atoms with van der Waals surface area (Å²) >= 11 is 0. The lowest BCUT2D eigenvalue weighted by Gasteiger charge is -2.39. The summed E-state index contributed by atoms with van der Waals surface area (Å²) < 4.78 is 0. The van der Waals surface area contributed by atoms with Gasteiger partial charge >= 0.3 is 0 Å². The quantitative estimate of drug-likeness (QED) is 0.911. The molecule has 2 aromatic rings. The van der Waals surface area contributed by atoms with Crippen molar-refractivity contribution in [2.24, 2.45) is 0 Å². The SMILES string of the molecule is CC1CNCC(C)N1CCc1ccc(-c2cccc(N)n2)cc1. The Bertz CT molecular complexity index is 628. The van der Waals surface area contributed by atoms with Crippen LogP contribution < -0.4 is 11.1 Å². The van der Waals surface area contributed by atoms with Crippen molar-refractivity contribution in [3.63, 3.8) is 0 Å². The number of piperazine rings is 1. The molecule has 4 heteroatoms. The van der Waals surface area contributed by atoms with Crippen molar-refractivity contribution in [2.75, 3.05) is 25.4 Å². The summed E-state index contributed by atoms with van der Waals surface area (Å²) in [5, 5.41) is 3.48. The zero-order valence-electron chi connectivity index (χ0n) is 14.0. The second kappa shape index (κ2) is 7.11. The fourth-order valence-electron chi connectivity index (χ4n) is 3.32. The Morgan fingerprint density at radius 1 is 1.09 bits per heavy atom. The molecular formula is C19H26N4. The zero-order valence-corrected chi connectivity index (χ0v) is 14.0. The van der Waals surface area contributed by atoms with E-state index in [0.717, 1.165) is 37.3 Å². The minimum atomic E-state index is 0.563. The summed E-state index contributed by atoms with van der Waals surface area (Å²) in [6.45, 7) is 7.89. The van der Waals surface area contributed by atoms with Crippen LogP contribution in [0, 0.1) is 0 Å². The molecule has 0 radical (unpaired) electrons. The van der Waals surface area contributed by atoms with Crippen LogP contribution in [0.3, 0.4) is 0 Å². The fraction of sp³-hybridized carbons (Fsp3) is 0.421. The van der Waals surface area contributed by atoms with Crippen molar-refractivity contribution in [3.05, 3.63) is 48.0 Å². The maximum absolute atomic E-state index is 5.76. The first-order valence-corrected chi connectivity index (χ1v) is 8.42. The van der Waals surface area contributed by atoms with Gasteiger partial charge in [0.25, 0.3) is 0 Å². The van der Waals surface area contributed by atoms with Crippen LogP contribution in [0.4, 0.5) is 5.82 Å². The number of aromatic nitrogens is 1. The molecule has 1 fully saturated rings. The zero-order chi connectivity index (χ0) is 16.2. The molecule has 1 aliphatic heterocycles. The first-order chi connectivity index (χ1) is 11.1. The first kappa shape index (κ1) is 16.0. The van der Waals surface area contributed by atoms with E-state index in [-0.39, 0.29) is 0 Å². The number of nitrogen functional groups attached to an aromatic ring is 1. The summed E-state index contributed by atoms with van der Waals surface area (Å²) in [6.07, 6.45) is 1.08. The molecule has 0 bridgehead atoms. The van der Waals surface area contributed by atoms with Crippen molar-refractivity contribution in [1.82, 2.24) is 15.2 Å². The van der Waals surface area contributed by atoms with Crippen LogP contribution in [-0.4, -0.2) is 41.6 Å². The molecule has 1 saturated heterocycles. The van der Waals surface area contributed by atoms with Gasteiger partial charge in [-0.25, -0.2) is 4.98 Å². The third-order valence-electron chi connectivity index (χ3n) is 4.69. The molecule has 122 valence electrons. The lowest BCUT2D eigenvalue weighted by atomic mass is 10.0. The molecule has 2 heterocycles. The van der Waals surface area contributed by atoms with E-state index in [9.17, 15) is 0 Å². The highest BCUT2D eigenvalue weighted by atomic mass is 15.2. The Kier molecular flexibility index (Phi) is 4.94. The Morgan fingerprint density at radius 3 is 2.43 bits per heavy atom. The molecule has 4 nitrogen and oxygen atoms in total. The minimum absolute atomic E-state index is 0.563. The Balaban J connectivity index is 1.63. The Morgan fingerprint density at radius 2 is 1.78 bits per heavy atom. The lowest BCUT2D eigenvalue weighted by Crippen LogP contribution is -2.55. The lowest BCUT2D eigenvalue weighted by molar-refractivity contribution is 0.119. The first-order valence-electron chi connectivity index (χ1n) is 8.42. The Hall–Kier alpha value is -1.91. The minimum Gasteiger partial charge on any atom is -0.384 e. The van der Waals surface area contributed by atoms with Crippen LogP contribution in [-0.2, 0) is 6.42 Å². The van der Waals surface area contributed by atoms with Crippen LogP contribution in [0.1, 0.15) is 19.4 Å². The Labute approximate surface area is 138 Å². The topological polar surface area (TPSA) is 54.2 Å². The maximum Gasteiger partial charge on any atom is 0.124 e. The van der Waals surface area contributed by atoms with Crippen molar-refractivity contribution < 1.29 is 0 Å². The van der Waals surface area contributed by atoms with Crippen LogP contribution >= 0.6 is 0 Å². The number of hydrogen-bond acceptors (Lipinski definition) is 4. The second-order valence-electron chi connectivity index (χ2n) is 6.49. The van der Waals surface area contributed by atoms with Crippen molar-refractivity contribution in [3.8, 4) is 11.3 Å². The van der Waals surface area contributed by atoms with Gasteiger partial charge in [-0.1, -0.05) is 30.3 Å². The number of hydrogen-bond donors (Lipinski definition) is 2. The molecule has 0 spiro atoms. The molecule has 2 atom stereocenters. The summed E-state index contributed by atoms with van der Waals surface area (Å²) in [5.74, 6) is 0.563. The van der Waals surface area contributed by atoms with Gasteiger partial charge < -0.3 is 11.1 Å². The van der Waals surface area contributed by atoms with Crippen molar-refractivity contribution in [1.29, 1.82) is 0 Å². The molecule has 3 N–H and O–H groups in total. The monoisotopic (exact) mass is 310 g/mol. The van der Waals surface area contributed by atoms with Crippen LogP contribution in [0.5, 0.6) is 0 Å². The molecule has 0 saturated carbocycles. The average molecular weight is 310 g/mol. The third kappa shape index (κ3) is 3.89. The van der Waals surface area contributed by atoms with Crippen LogP contribution in [0.25, 0.3) is 11.3 Å². The fourth-order valence-corrected chi connectivity index (χ4v) is 3.32. The van der Waals surface area contributed by atoms with E-state index >= 15 is 0 Å². The van der Waals surface area contributed by atoms with Crippen molar-refractivity contribution in [2.45, 2.75) is 32.4 Å². The molecule has 1 aliphatic rings. The number of nitrogens with one attached hydrogen (secondary N) is 1. The normalized spacial score (nSPS) is 22.2. The van der Waals surface area contributed by atoms with Gasteiger partial charge in [-0.2, -0.15) is 0 Å². The van der Waals surface area contributed by atoms with Gasteiger partial charge in [0, 0.05) is 37.3 Å². The number of anilines is 1.